The summed E-state index contributed by atoms with van der Waals surface area (Å²) in [6.07, 6.45) is 6.34. The van der Waals surface area contributed by atoms with Gasteiger partial charge in [-0.15, -0.1) is 0 Å². The van der Waals surface area contributed by atoms with E-state index in [1.165, 1.54) is 0 Å². The van der Waals surface area contributed by atoms with Crippen LogP contribution < -0.4 is 0 Å². The van der Waals surface area contributed by atoms with Crippen molar-refractivity contribution in [1.82, 2.24) is 4.90 Å². The van der Waals surface area contributed by atoms with Gasteiger partial charge in [0.15, 0.2) is 5.79 Å². The van der Waals surface area contributed by atoms with Crippen molar-refractivity contribution >= 4 is 0 Å². The Morgan fingerprint density at radius 1 is 1.10 bits per heavy atom. The van der Waals surface area contributed by atoms with Gasteiger partial charge in [0.05, 0.1) is 18.3 Å². The molecule has 3 rings (SSSR count). The van der Waals surface area contributed by atoms with Gasteiger partial charge in [-0.2, -0.15) is 0 Å². The smallest absolute Gasteiger partial charge is 0.171 e. The zero-order valence-corrected chi connectivity index (χ0v) is 12.9. The van der Waals surface area contributed by atoms with Crippen LogP contribution in [0.5, 0.6) is 0 Å². The van der Waals surface area contributed by atoms with Gasteiger partial charge >= 0.3 is 0 Å². The summed E-state index contributed by atoms with van der Waals surface area (Å²) in [5, 5.41) is 10.7. The molecule has 116 valence electrons. The molecular formula is C16H29NO3. The van der Waals surface area contributed by atoms with Crippen molar-refractivity contribution in [1.29, 1.82) is 0 Å². The fraction of sp³-hybridized carbons (Fsp3) is 1.00. The van der Waals surface area contributed by atoms with Gasteiger partial charge in [-0.25, -0.2) is 0 Å². The maximum atomic E-state index is 10.7. The number of ether oxygens (including phenoxy) is 2. The number of β-amino-alcohol motifs (C(OH)–C–C–N with tert-alkyl or cyclic N) is 1. The molecule has 1 aliphatic carbocycles. The topological polar surface area (TPSA) is 41.9 Å². The van der Waals surface area contributed by atoms with Gasteiger partial charge in [0.1, 0.15) is 0 Å². The van der Waals surface area contributed by atoms with Gasteiger partial charge in [0.2, 0.25) is 0 Å². The number of hydrogen-bond acceptors (Lipinski definition) is 4. The van der Waals surface area contributed by atoms with Crippen LogP contribution in [0, 0.1) is 5.92 Å². The molecular weight excluding hydrogens is 254 g/mol. The Morgan fingerprint density at radius 3 is 2.30 bits per heavy atom. The van der Waals surface area contributed by atoms with Gasteiger partial charge in [-0.1, -0.05) is 6.92 Å². The second-order valence-electron chi connectivity index (χ2n) is 7.33. The Labute approximate surface area is 122 Å². The highest BCUT2D eigenvalue weighted by atomic mass is 16.7. The van der Waals surface area contributed by atoms with E-state index in [0.29, 0.717) is 0 Å². The lowest BCUT2D eigenvalue weighted by Gasteiger charge is -2.43. The summed E-state index contributed by atoms with van der Waals surface area (Å²) in [7, 11) is 0. The lowest BCUT2D eigenvalue weighted by Crippen LogP contribution is -2.51. The second-order valence-corrected chi connectivity index (χ2v) is 7.33. The van der Waals surface area contributed by atoms with E-state index in [4.69, 9.17) is 9.47 Å². The van der Waals surface area contributed by atoms with Crippen molar-refractivity contribution in [2.75, 3.05) is 26.2 Å². The standard InChI is InChI=1S/C16H29NO3/c1-13-3-5-15(18,6-4-13)12-17-9-7-16(8-10-17)19-11-14(2)20-16/h13-14,18H,3-12H2,1-2H3. The highest BCUT2D eigenvalue weighted by Crippen LogP contribution is 2.36. The first-order valence-corrected chi connectivity index (χ1v) is 8.25. The van der Waals surface area contributed by atoms with Crippen molar-refractivity contribution in [3.63, 3.8) is 0 Å². The normalized spacial score (nSPS) is 42.1. The average Bonchev–Trinajstić information content (AvgIpc) is 2.78. The molecule has 1 N–H and O–H groups in total. The van der Waals surface area contributed by atoms with Crippen molar-refractivity contribution < 1.29 is 14.6 Å². The van der Waals surface area contributed by atoms with Crippen LogP contribution in [0.3, 0.4) is 0 Å². The minimum atomic E-state index is -0.457. The summed E-state index contributed by atoms with van der Waals surface area (Å²) < 4.78 is 11.8. The summed E-state index contributed by atoms with van der Waals surface area (Å²) in [6, 6.07) is 0. The van der Waals surface area contributed by atoms with E-state index in [2.05, 4.69) is 18.7 Å². The molecule has 1 spiro atoms. The van der Waals surface area contributed by atoms with Gasteiger partial charge in [0, 0.05) is 32.5 Å². The van der Waals surface area contributed by atoms with Gasteiger partial charge in [-0.05, 0) is 38.5 Å². The lowest BCUT2D eigenvalue weighted by atomic mass is 9.79. The Morgan fingerprint density at radius 2 is 1.75 bits per heavy atom. The highest BCUT2D eigenvalue weighted by Gasteiger charge is 2.44. The Kier molecular flexibility index (Phi) is 4.10. The van der Waals surface area contributed by atoms with Crippen LogP contribution >= 0.6 is 0 Å². The molecule has 1 atom stereocenters. The second kappa shape index (κ2) is 5.56. The zero-order valence-electron chi connectivity index (χ0n) is 12.9. The monoisotopic (exact) mass is 283 g/mol. The van der Waals surface area contributed by atoms with Crippen LogP contribution in [0.4, 0.5) is 0 Å². The molecule has 0 amide bonds. The number of rotatable bonds is 2. The molecule has 2 heterocycles. The molecule has 0 bridgehead atoms. The van der Waals surface area contributed by atoms with Crippen LogP contribution in [0.25, 0.3) is 0 Å². The van der Waals surface area contributed by atoms with Gasteiger partial charge in [-0.3, -0.25) is 0 Å². The summed E-state index contributed by atoms with van der Waals surface area (Å²) >= 11 is 0. The summed E-state index contributed by atoms with van der Waals surface area (Å²) in [5.74, 6) is 0.460. The van der Waals surface area contributed by atoms with Crippen molar-refractivity contribution in [2.24, 2.45) is 5.92 Å². The number of piperidine rings is 1. The molecule has 0 radical (unpaired) electrons. The summed E-state index contributed by atoms with van der Waals surface area (Å²) in [6.45, 7) is 7.87. The minimum absolute atomic E-state index is 0.227. The maximum absolute atomic E-state index is 10.7. The third kappa shape index (κ3) is 3.19. The van der Waals surface area contributed by atoms with Gasteiger partial charge in [0.25, 0.3) is 0 Å². The molecule has 0 aromatic heterocycles. The zero-order chi connectivity index (χ0) is 14.2. The Hall–Kier alpha value is -0.160. The first kappa shape index (κ1) is 14.8. The highest BCUT2D eigenvalue weighted by molar-refractivity contribution is 4.91. The van der Waals surface area contributed by atoms with E-state index < -0.39 is 5.60 Å². The van der Waals surface area contributed by atoms with Crippen molar-refractivity contribution in [3.8, 4) is 0 Å². The van der Waals surface area contributed by atoms with E-state index in [0.717, 1.165) is 70.7 Å². The molecule has 3 aliphatic rings. The molecule has 0 aromatic rings. The predicted molar refractivity (Wildman–Crippen MR) is 77.5 cm³/mol. The molecule has 0 aromatic carbocycles. The van der Waals surface area contributed by atoms with Crippen LogP contribution in [-0.4, -0.2) is 53.7 Å². The third-order valence-electron chi connectivity index (χ3n) is 5.34. The molecule has 20 heavy (non-hydrogen) atoms. The van der Waals surface area contributed by atoms with E-state index in [1.54, 1.807) is 0 Å². The molecule has 1 unspecified atom stereocenters. The van der Waals surface area contributed by atoms with Crippen LogP contribution in [0.1, 0.15) is 52.4 Å². The molecule has 3 fully saturated rings. The first-order valence-electron chi connectivity index (χ1n) is 8.25. The van der Waals surface area contributed by atoms with Crippen molar-refractivity contribution in [2.45, 2.75) is 69.9 Å². The lowest BCUT2D eigenvalue weighted by molar-refractivity contribution is -0.197. The third-order valence-corrected chi connectivity index (χ3v) is 5.34. The molecule has 1 saturated carbocycles. The average molecular weight is 283 g/mol. The number of aliphatic hydroxyl groups is 1. The van der Waals surface area contributed by atoms with E-state index in [-0.39, 0.29) is 11.9 Å². The maximum Gasteiger partial charge on any atom is 0.171 e. The van der Waals surface area contributed by atoms with Crippen LogP contribution in [0.2, 0.25) is 0 Å². The Bertz CT molecular complexity index is 331. The fourth-order valence-electron chi connectivity index (χ4n) is 3.89. The number of hydrogen-bond donors (Lipinski definition) is 1. The molecule has 4 nitrogen and oxygen atoms in total. The van der Waals surface area contributed by atoms with Crippen molar-refractivity contribution in [3.05, 3.63) is 0 Å². The largest absolute Gasteiger partial charge is 0.389 e. The van der Waals surface area contributed by atoms with Crippen LogP contribution in [-0.2, 0) is 9.47 Å². The van der Waals surface area contributed by atoms with E-state index >= 15 is 0 Å². The van der Waals surface area contributed by atoms with Gasteiger partial charge < -0.3 is 19.5 Å². The van der Waals surface area contributed by atoms with Crippen LogP contribution in [0.15, 0.2) is 0 Å². The van der Waals surface area contributed by atoms with E-state index in [1.807, 2.05) is 0 Å². The summed E-state index contributed by atoms with van der Waals surface area (Å²) in [5.41, 5.74) is -0.457. The molecule has 4 heteroatoms. The number of likely N-dealkylation sites (tertiary alicyclic amines) is 1. The first-order chi connectivity index (χ1) is 9.49. The molecule has 2 saturated heterocycles. The minimum Gasteiger partial charge on any atom is -0.389 e. The predicted octanol–water partition coefficient (Wildman–Crippen LogP) is 2.16. The van der Waals surface area contributed by atoms with E-state index in [9.17, 15) is 5.11 Å². The Balaban J connectivity index is 1.49. The summed E-state index contributed by atoms with van der Waals surface area (Å²) in [4.78, 5) is 2.40. The quantitative estimate of drug-likeness (QED) is 0.843. The number of nitrogens with zero attached hydrogens (tertiary/aromatic N) is 1. The SMILES string of the molecule is CC1CCC(O)(CN2CCC3(CC2)OCC(C)O3)CC1. The molecule has 2 aliphatic heterocycles. The fourth-order valence-corrected chi connectivity index (χ4v) is 3.89.